The number of benzene rings is 1. The number of hydrogen-bond acceptors (Lipinski definition) is 11. The van der Waals surface area contributed by atoms with E-state index in [-0.39, 0.29) is 24.2 Å². The molecule has 15 heteroatoms. The highest BCUT2D eigenvalue weighted by atomic mass is 16.3. The second-order valence-electron chi connectivity index (χ2n) is 14.4. The Kier molecular flexibility index (Phi) is 10.1. The number of fused-ring (bicyclic) bond motifs is 1. The molecule has 0 spiro atoms. The maximum absolute atomic E-state index is 13.1. The van der Waals surface area contributed by atoms with E-state index in [2.05, 4.69) is 54.9 Å². The number of carbonyl (C=O) groups excluding carboxylic acids is 1. The van der Waals surface area contributed by atoms with Gasteiger partial charge in [0.15, 0.2) is 17.0 Å². The van der Waals surface area contributed by atoms with Gasteiger partial charge in [0, 0.05) is 57.2 Å². The lowest BCUT2D eigenvalue weighted by Gasteiger charge is -2.33. The van der Waals surface area contributed by atoms with Crippen LogP contribution in [-0.2, 0) is 12.8 Å². The minimum Gasteiger partial charge on any atom is -0.388 e. The summed E-state index contributed by atoms with van der Waals surface area (Å²) in [5, 5.41) is 36.9. The molecule has 4 aromatic heterocycles. The molecule has 0 radical (unpaired) electrons. The van der Waals surface area contributed by atoms with Crippen LogP contribution in [0.5, 0.6) is 0 Å². The fourth-order valence-corrected chi connectivity index (χ4v) is 7.91. The van der Waals surface area contributed by atoms with Gasteiger partial charge in [-0.25, -0.2) is 14.8 Å². The second-order valence-corrected chi connectivity index (χ2v) is 14.4. The average Bonchev–Trinajstić information content (AvgIpc) is 4.00. The van der Waals surface area contributed by atoms with Crippen LogP contribution in [0.1, 0.15) is 55.8 Å². The quantitative estimate of drug-likeness (QED) is 0.136. The molecule has 2 aliphatic heterocycles. The highest BCUT2D eigenvalue weighted by Crippen LogP contribution is 2.40. The second kappa shape index (κ2) is 15.4. The van der Waals surface area contributed by atoms with Crippen LogP contribution in [0, 0.1) is 0 Å². The van der Waals surface area contributed by atoms with Crippen molar-refractivity contribution in [2.24, 2.45) is 0 Å². The molecule has 1 saturated carbocycles. The summed E-state index contributed by atoms with van der Waals surface area (Å²) in [4.78, 5) is 36.7. The van der Waals surface area contributed by atoms with Crippen LogP contribution >= 0.6 is 0 Å². The van der Waals surface area contributed by atoms with Crippen molar-refractivity contribution < 1.29 is 15.0 Å². The highest BCUT2D eigenvalue weighted by Gasteiger charge is 2.44. The molecule has 5 atom stereocenters. The number of rotatable bonds is 11. The number of anilines is 3. The van der Waals surface area contributed by atoms with Gasteiger partial charge < -0.3 is 40.5 Å². The first-order valence-electron chi connectivity index (χ1n) is 18.8. The first-order chi connectivity index (χ1) is 25.9. The molecule has 1 aliphatic carbocycles. The molecule has 2 saturated heterocycles. The molecule has 5 N–H and O–H groups in total. The molecular weight excluding hydrogens is 672 g/mol. The highest BCUT2D eigenvalue weighted by molar-refractivity contribution is 5.84. The minimum absolute atomic E-state index is 0.0723. The van der Waals surface area contributed by atoms with Gasteiger partial charge in [0.1, 0.15) is 18.0 Å². The van der Waals surface area contributed by atoms with Crippen molar-refractivity contribution in [3.05, 3.63) is 84.6 Å². The van der Waals surface area contributed by atoms with Gasteiger partial charge >= 0.3 is 6.03 Å². The van der Waals surface area contributed by atoms with E-state index in [1.165, 1.54) is 5.56 Å². The molecule has 3 aliphatic rings. The molecule has 8 rings (SSSR count). The third-order valence-corrected chi connectivity index (χ3v) is 10.9. The van der Waals surface area contributed by atoms with Gasteiger partial charge in [-0.1, -0.05) is 43.3 Å². The number of hydrogen-bond donors (Lipinski definition) is 5. The van der Waals surface area contributed by atoms with E-state index >= 15 is 0 Å². The molecule has 0 bridgehead atoms. The minimum atomic E-state index is -1.04. The molecule has 53 heavy (non-hydrogen) atoms. The van der Waals surface area contributed by atoms with Gasteiger partial charge in [0.05, 0.1) is 24.6 Å². The predicted octanol–water partition coefficient (Wildman–Crippen LogP) is 3.09. The van der Waals surface area contributed by atoms with Crippen molar-refractivity contribution in [1.82, 2.24) is 44.9 Å². The van der Waals surface area contributed by atoms with E-state index in [0.29, 0.717) is 49.0 Å². The summed E-state index contributed by atoms with van der Waals surface area (Å²) in [6.45, 7) is 5.62. The molecule has 1 aromatic carbocycles. The van der Waals surface area contributed by atoms with Crippen molar-refractivity contribution in [2.75, 3.05) is 47.8 Å². The first-order valence-corrected chi connectivity index (χ1v) is 18.8. The van der Waals surface area contributed by atoms with Crippen LogP contribution in [0.15, 0.2) is 73.4 Å². The van der Waals surface area contributed by atoms with Gasteiger partial charge in [0.25, 0.3) is 0 Å². The molecule has 278 valence electrons. The van der Waals surface area contributed by atoms with E-state index in [9.17, 15) is 15.0 Å². The number of imidazole rings is 1. The maximum atomic E-state index is 13.1. The molecule has 5 aromatic rings. The molecule has 6 heterocycles. The van der Waals surface area contributed by atoms with E-state index < -0.39 is 18.2 Å². The van der Waals surface area contributed by atoms with Crippen molar-refractivity contribution in [3.8, 4) is 0 Å². The maximum Gasteiger partial charge on any atom is 0.315 e. The number of piperidine rings is 1. The van der Waals surface area contributed by atoms with Crippen molar-refractivity contribution in [2.45, 2.75) is 81.8 Å². The third-order valence-electron chi connectivity index (χ3n) is 10.9. The van der Waals surface area contributed by atoms with Gasteiger partial charge in [-0.3, -0.25) is 4.68 Å². The van der Waals surface area contributed by atoms with Gasteiger partial charge in [0.2, 0.25) is 5.95 Å². The standard InChI is InChI=1S/C38H48N12O3/c1-2-25-21-42-50(22-25)30-20-29(33(51)34(30)52)49-24-41-32-35(40-16-11-26-8-4-3-5-9-26)45-37(46-36(32)49)48-19-14-28(23-48)44-38(53)43-27-12-17-47(18-13-27)31-10-6-7-15-39-31/h3-10,15,21-22,24,27-30,33-34,51-52H,2,11-14,16-20,23H2,1H3,(H,40,45,46)(H2,43,44,53)/t28-,29-,30+,33+,34-/m1/s1. The summed E-state index contributed by atoms with van der Waals surface area (Å²) >= 11 is 0. The average molecular weight is 721 g/mol. The SMILES string of the molecule is CCc1cnn([C@H]2C[C@@H](n3cnc4c(NCCc5ccccc5)nc(N5CC[C@@H](NC(=O)NC6CCN(c7ccccn7)CC6)C5)nc43)[C@H](O)[C@@H]2O)c1. The summed E-state index contributed by atoms with van der Waals surface area (Å²) in [5.41, 5.74) is 3.46. The Morgan fingerprint density at radius 1 is 0.868 bits per heavy atom. The zero-order valence-corrected chi connectivity index (χ0v) is 30.0. The Balaban J connectivity index is 0.969. The number of aromatic nitrogens is 7. The number of aliphatic hydroxyl groups excluding tert-OH is 2. The Morgan fingerprint density at radius 3 is 2.40 bits per heavy atom. The third kappa shape index (κ3) is 7.49. The monoisotopic (exact) mass is 720 g/mol. The number of nitrogens with one attached hydrogen (secondary N) is 3. The van der Waals surface area contributed by atoms with Crippen LogP contribution in [-0.4, -0.2) is 108 Å². The number of pyridine rings is 1. The van der Waals surface area contributed by atoms with Gasteiger partial charge in [-0.2, -0.15) is 15.1 Å². The molecular formula is C38H48N12O3. The smallest absolute Gasteiger partial charge is 0.315 e. The molecule has 15 nitrogen and oxygen atoms in total. The lowest BCUT2D eigenvalue weighted by Crippen LogP contribution is -2.50. The Labute approximate surface area is 308 Å². The number of aliphatic hydroxyl groups is 2. The molecule has 0 unspecified atom stereocenters. The van der Waals surface area contributed by atoms with Crippen LogP contribution in [0.2, 0.25) is 0 Å². The largest absolute Gasteiger partial charge is 0.388 e. The Hall–Kier alpha value is -5.28. The fraction of sp³-hybridized carbons (Fsp3) is 0.474. The van der Waals surface area contributed by atoms with Gasteiger partial charge in [-0.15, -0.1) is 0 Å². The van der Waals surface area contributed by atoms with Crippen LogP contribution < -0.4 is 25.8 Å². The molecule has 2 amide bonds. The van der Waals surface area contributed by atoms with E-state index in [1.807, 2.05) is 53.4 Å². The van der Waals surface area contributed by atoms with Crippen LogP contribution in [0.25, 0.3) is 11.2 Å². The summed E-state index contributed by atoms with van der Waals surface area (Å²) in [5.74, 6) is 2.10. The first kappa shape index (κ1) is 34.8. The van der Waals surface area contributed by atoms with E-state index in [1.54, 1.807) is 17.2 Å². The zero-order chi connectivity index (χ0) is 36.3. The zero-order valence-electron chi connectivity index (χ0n) is 30.0. The number of aryl methyl sites for hydroxylation is 1. The van der Waals surface area contributed by atoms with Crippen LogP contribution in [0.4, 0.5) is 22.4 Å². The Bertz CT molecular complexity index is 1980. The van der Waals surface area contributed by atoms with Crippen molar-refractivity contribution in [3.63, 3.8) is 0 Å². The summed E-state index contributed by atoms with van der Waals surface area (Å²) in [7, 11) is 0. The predicted molar refractivity (Wildman–Crippen MR) is 202 cm³/mol. The Morgan fingerprint density at radius 2 is 1.62 bits per heavy atom. The topological polar surface area (TPSA) is 174 Å². The summed E-state index contributed by atoms with van der Waals surface area (Å²) in [6, 6.07) is 15.2. The number of urea groups is 1. The van der Waals surface area contributed by atoms with Gasteiger partial charge in [-0.05, 0) is 61.8 Å². The van der Waals surface area contributed by atoms with Crippen molar-refractivity contribution >= 4 is 34.8 Å². The number of carbonyl (C=O) groups is 1. The van der Waals surface area contributed by atoms with Crippen molar-refractivity contribution in [1.29, 1.82) is 0 Å². The number of amides is 2. The normalized spacial score (nSPS) is 23.5. The fourth-order valence-electron chi connectivity index (χ4n) is 7.91. The lowest BCUT2D eigenvalue weighted by atomic mass is 10.1. The van der Waals surface area contributed by atoms with E-state index in [4.69, 9.17) is 15.0 Å². The summed E-state index contributed by atoms with van der Waals surface area (Å²) in [6.07, 6.45) is 9.77. The lowest BCUT2D eigenvalue weighted by molar-refractivity contribution is 0.00721. The number of nitrogens with zero attached hydrogens (tertiary/aromatic N) is 9. The van der Waals surface area contributed by atoms with E-state index in [0.717, 1.165) is 56.6 Å². The molecule has 3 fully saturated rings. The summed E-state index contributed by atoms with van der Waals surface area (Å²) < 4.78 is 3.64. The van der Waals surface area contributed by atoms with Crippen LogP contribution in [0.3, 0.4) is 0 Å².